The molecule has 0 atom stereocenters. The summed E-state index contributed by atoms with van der Waals surface area (Å²) >= 11 is 3.25. The SMILES string of the molecule is COc1cc(OC)c2c(=O)[nH]c(-c3ccc(O)c(Br)c3)nc2c1. The maximum Gasteiger partial charge on any atom is 0.262 e. The number of methoxy groups -OCH3 is 2. The summed E-state index contributed by atoms with van der Waals surface area (Å²) in [5.74, 6) is 1.44. The molecule has 3 rings (SSSR count). The Morgan fingerprint density at radius 1 is 1.17 bits per heavy atom. The highest BCUT2D eigenvalue weighted by Gasteiger charge is 2.13. The lowest BCUT2D eigenvalue weighted by atomic mass is 10.1. The number of halogens is 1. The zero-order chi connectivity index (χ0) is 16.6. The Bertz CT molecular complexity index is 953. The normalized spacial score (nSPS) is 10.7. The van der Waals surface area contributed by atoms with Crippen LogP contribution in [0, 0.1) is 0 Å². The number of aromatic hydroxyl groups is 1. The lowest BCUT2D eigenvalue weighted by Gasteiger charge is -2.09. The van der Waals surface area contributed by atoms with Gasteiger partial charge in [-0.25, -0.2) is 4.98 Å². The molecule has 7 heteroatoms. The number of nitrogens with zero attached hydrogens (tertiary/aromatic N) is 1. The van der Waals surface area contributed by atoms with Crippen LogP contribution >= 0.6 is 15.9 Å². The molecule has 0 radical (unpaired) electrons. The molecule has 2 aromatic carbocycles. The van der Waals surface area contributed by atoms with E-state index in [0.717, 1.165) is 0 Å². The molecule has 3 aromatic rings. The Hall–Kier alpha value is -2.54. The summed E-state index contributed by atoms with van der Waals surface area (Å²) in [6, 6.07) is 8.18. The first-order chi connectivity index (χ1) is 11.0. The van der Waals surface area contributed by atoms with Gasteiger partial charge in [0.2, 0.25) is 0 Å². The molecule has 0 aliphatic carbocycles. The summed E-state index contributed by atoms with van der Waals surface area (Å²) in [6.45, 7) is 0. The molecule has 118 valence electrons. The predicted molar refractivity (Wildman–Crippen MR) is 90.3 cm³/mol. The van der Waals surface area contributed by atoms with Crippen LogP contribution in [0.2, 0.25) is 0 Å². The monoisotopic (exact) mass is 376 g/mol. The van der Waals surface area contributed by atoms with E-state index in [2.05, 4.69) is 25.9 Å². The summed E-state index contributed by atoms with van der Waals surface area (Å²) < 4.78 is 11.0. The van der Waals surface area contributed by atoms with E-state index in [9.17, 15) is 9.90 Å². The van der Waals surface area contributed by atoms with Crippen molar-refractivity contribution in [2.45, 2.75) is 0 Å². The Kier molecular flexibility index (Phi) is 3.96. The number of benzene rings is 2. The fourth-order valence-electron chi connectivity index (χ4n) is 2.28. The summed E-state index contributed by atoms with van der Waals surface area (Å²) in [5, 5.41) is 9.94. The number of hydrogen-bond acceptors (Lipinski definition) is 5. The molecule has 6 nitrogen and oxygen atoms in total. The summed E-state index contributed by atoms with van der Waals surface area (Å²) in [4.78, 5) is 19.6. The van der Waals surface area contributed by atoms with Gasteiger partial charge in [0.1, 0.15) is 28.5 Å². The number of H-pyrrole nitrogens is 1. The third-order valence-corrected chi connectivity index (χ3v) is 4.06. The number of phenols is 1. The van der Waals surface area contributed by atoms with Crippen LogP contribution in [0.4, 0.5) is 0 Å². The highest BCUT2D eigenvalue weighted by atomic mass is 79.9. The van der Waals surface area contributed by atoms with Gasteiger partial charge < -0.3 is 19.6 Å². The largest absolute Gasteiger partial charge is 0.507 e. The number of fused-ring (bicyclic) bond motifs is 1. The molecule has 0 unspecified atom stereocenters. The predicted octanol–water partition coefficient (Wildman–Crippen LogP) is 3.08. The molecule has 0 saturated heterocycles. The molecule has 0 spiro atoms. The third-order valence-electron chi connectivity index (χ3n) is 3.42. The van der Waals surface area contributed by atoms with Gasteiger partial charge in [0.25, 0.3) is 5.56 Å². The molecule has 23 heavy (non-hydrogen) atoms. The van der Waals surface area contributed by atoms with Crippen LogP contribution in [-0.4, -0.2) is 29.3 Å². The number of nitrogens with one attached hydrogen (secondary N) is 1. The van der Waals surface area contributed by atoms with Gasteiger partial charge in [-0.05, 0) is 34.1 Å². The van der Waals surface area contributed by atoms with E-state index in [1.165, 1.54) is 20.3 Å². The Balaban J connectivity index is 2.28. The van der Waals surface area contributed by atoms with E-state index >= 15 is 0 Å². The topological polar surface area (TPSA) is 84.4 Å². The second-order valence-corrected chi connectivity index (χ2v) is 5.66. The second kappa shape index (κ2) is 5.92. The maximum absolute atomic E-state index is 12.4. The summed E-state index contributed by atoms with van der Waals surface area (Å²) in [5.41, 5.74) is 0.813. The molecule has 0 amide bonds. The van der Waals surface area contributed by atoms with Crippen molar-refractivity contribution in [2.24, 2.45) is 0 Å². The minimum absolute atomic E-state index is 0.111. The number of rotatable bonds is 3. The zero-order valence-electron chi connectivity index (χ0n) is 12.4. The van der Waals surface area contributed by atoms with Gasteiger partial charge in [0.15, 0.2) is 0 Å². The van der Waals surface area contributed by atoms with Gasteiger partial charge in [-0.15, -0.1) is 0 Å². The fourth-order valence-corrected chi connectivity index (χ4v) is 2.66. The first kappa shape index (κ1) is 15.4. The molecular weight excluding hydrogens is 364 g/mol. The quantitative estimate of drug-likeness (QED) is 0.733. The fraction of sp³-hybridized carbons (Fsp3) is 0.125. The first-order valence-electron chi connectivity index (χ1n) is 6.68. The second-order valence-electron chi connectivity index (χ2n) is 4.80. The van der Waals surface area contributed by atoms with Crippen LogP contribution in [0.15, 0.2) is 39.6 Å². The van der Waals surface area contributed by atoms with Crippen molar-refractivity contribution in [3.05, 3.63) is 45.2 Å². The molecule has 0 bridgehead atoms. The smallest absolute Gasteiger partial charge is 0.262 e. The Morgan fingerprint density at radius 2 is 1.96 bits per heavy atom. The van der Waals surface area contributed by atoms with Crippen LogP contribution in [-0.2, 0) is 0 Å². The van der Waals surface area contributed by atoms with Crippen molar-refractivity contribution < 1.29 is 14.6 Å². The van der Waals surface area contributed by atoms with E-state index in [4.69, 9.17) is 9.47 Å². The van der Waals surface area contributed by atoms with Crippen LogP contribution < -0.4 is 15.0 Å². The van der Waals surface area contributed by atoms with Crippen LogP contribution in [0.1, 0.15) is 0 Å². The molecule has 0 aliphatic heterocycles. The minimum atomic E-state index is -0.311. The van der Waals surface area contributed by atoms with Crippen LogP contribution in [0.3, 0.4) is 0 Å². The van der Waals surface area contributed by atoms with E-state index < -0.39 is 0 Å². The number of aromatic amines is 1. The number of hydrogen-bond donors (Lipinski definition) is 2. The lowest BCUT2D eigenvalue weighted by Crippen LogP contribution is -2.11. The van der Waals surface area contributed by atoms with Crippen molar-refractivity contribution >= 4 is 26.8 Å². The average molecular weight is 377 g/mol. The molecule has 1 heterocycles. The van der Waals surface area contributed by atoms with Gasteiger partial charge >= 0.3 is 0 Å². The molecule has 0 aliphatic rings. The van der Waals surface area contributed by atoms with Gasteiger partial charge in [-0.2, -0.15) is 0 Å². The van der Waals surface area contributed by atoms with E-state index in [-0.39, 0.29) is 11.3 Å². The van der Waals surface area contributed by atoms with Gasteiger partial charge in [-0.3, -0.25) is 4.79 Å². The van der Waals surface area contributed by atoms with Crippen molar-refractivity contribution in [2.75, 3.05) is 14.2 Å². The van der Waals surface area contributed by atoms with E-state index in [1.807, 2.05) is 0 Å². The summed E-state index contributed by atoms with van der Waals surface area (Å²) in [7, 11) is 3.02. The zero-order valence-corrected chi connectivity index (χ0v) is 14.0. The third kappa shape index (κ3) is 2.75. The Labute approximate surface area is 139 Å². The standard InChI is InChI=1S/C16H13BrN2O4/c1-22-9-6-11-14(13(7-9)23-2)16(21)19-15(18-11)8-3-4-12(20)10(17)5-8/h3-7,20H,1-2H3,(H,18,19,21). The molecule has 0 saturated carbocycles. The molecule has 1 aromatic heterocycles. The van der Waals surface area contributed by atoms with Gasteiger partial charge in [0, 0.05) is 17.7 Å². The number of phenolic OH excluding ortho intramolecular Hbond substituents is 1. The van der Waals surface area contributed by atoms with E-state index in [0.29, 0.717) is 38.3 Å². The lowest BCUT2D eigenvalue weighted by molar-refractivity contribution is 0.397. The van der Waals surface area contributed by atoms with E-state index in [1.54, 1.807) is 24.3 Å². The summed E-state index contributed by atoms with van der Waals surface area (Å²) in [6.07, 6.45) is 0. The molecule has 0 fully saturated rings. The van der Waals surface area contributed by atoms with Gasteiger partial charge in [-0.1, -0.05) is 0 Å². The van der Waals surface area contributed by atoms with Crippen molar-refractivity contribution in [3.8, 4) is 28.6 Å². The van der Waals surface area contributed by atoms with Crippen LogP contribution in [0.25, 0.3) is 22.3 Å². The van der Waals surface area contributed by atoms with Crippen molar-refractivity contribution in [1.82, 2.24) is 9.97 Å². The minimum Gasteiger partial charge on any atom is -0.507 e. The number of ether oxygens (including phenoxy) is 2. The first-order valence-corrected chi connectivity index (χ1v) is 7.47. The molecular formula is C16H13BrN2O4. The highest BCUT2D eigenvalue weighted by Crippen LogP contribution is 2.31. The highest BCUT2D eigenvalue weighted by molar-refractivity contribution is 9.10. The maximum atomic E-state index is 12.4. The number of aromatic nitrogens is 2. The van der Waals surface area contributed by atoms with Crippen molar-refractivity contribution in [1.29, 1.82) is 0 Å². The average Bonchev–Trinajstić information content (AvgIpc) is 2.55. The Morgan fingerprint density at radius 3 is 2.61 bits per heavy atom. The molecule has 2 N–H and O–H groups in total. The van der Waals surface area contributed by atoms with Crippen LogP contribution in [0.5, 0.6) is 17.2 Å². The van der Waals surface area contributed by atoms with Crippen molar-refractivity contribution in [3.63, 3.8) is 0 Å². The van der Waals surface area contributed by atoms with Gasteiger partial charge in [0.05, 0.1) is 24.2 Å².